The number of ether oxygens (including phenoxy) is 2. The Labute approximate surface area is 150 Å². The highest BCUT2D eigenvalue weighted by Crippen LogP contribution is 2.31. The summed E-state index contributed by atoms with van der Waals surface area (Å²) in [7, 11) is 3.16. The smallest absolute Gasteiger partial charge is 0.257 e. The second-order valence-corrected chi connectivity index (χ2v) is 6.78. The van der Waals surface area contributed by atoms with E-state index >= 15 is 0 Å². The predicted molar refractivity (Wildman–Crippen MR) is 98.4 cm³/mol. The first-order valence-corrected chi connectivity index (χ1v) is 9.10. The number of methoxy groups -OCH3 is 2. The van der Waals surface area contributed by atoms with Gasteiger partial charge in [0.25, 0.3) is 5.91 Å². The van der Waals surface area contributed by atoms with Crippen molar-refractivity contribution in [3.05, 3.63) is 35.9 Å². The standard InChI is InChI=1S/C20H28N2O3/c1-24-18-10-6-9-17(19(18)25-2)20(23)22-13-11-21(12-14-22)15-16-7-4-3-5-8-16/h3-4,6,9-10,16H,5,7-8,11-15H2,1-2H3. The molecule has 1 unspecified atom stereocenters. The van der Waals surface area contributed by atoms with Gasteiger partial charge in [0.15, 0.2) is 11.5 Å². The molecule has 0 spiro atoms. The van der Waals surface area contributed by atoms with E-state index in [-0.39, 0.29) is 5.91 Å². The van der Waals surface area contributed by atoms with Gasteiger partial charge in [-0.2, -0.15) is 0 Å². The summed E-state index contributed by atoms with van der Waals surface area (Å²) in [5, 5.41) is 0. The maximum atomic E-state index is 12.9. The molecule has 5 heteroatoms. The van der Waals surface area contributed by atoms with Crippen molar-refractivity contribution in [2.45, 2.75) is 19.3 Å². The lowest BCUT2D eigenvalue weighted by Gasteiger charge is -2.37. The van der Waals surface area contributed by atoms with E-state index in [4.69, 9.17) is 9.47 Å². The van der Waals surface area contributed by atoms with Gasteiger partial charge in [-0.3, -0.25) is 9.69 Å². The summed E-state index contributed by atoms with van der Waals surface area (Å²) in [5.41, 5.74) is 0.577. The summed E-state index contributed by atoms with van der Waals surface area (Å²) in [6.45, 7) is 4.56. The predicted octanol–water partition coefficient (Wildman–Crippen LogP) is 2.82. The number of nitrogens with zero attached hydrogens (tertiary/aromatic N) is 2. The van der Waals surface area contributed by atoms with Crippen LogP contribution in [0.3, 0.4) is 0 Å². The van der Waals surface area contributed by atoms with Crippen molar-refractivity contribution in [2.75, 3.05) is 46.9 Å². The lowest BCUT2D eigenvalue weighted by Crippen LogP contribution is -2.49. The molecule has 1 aliphatic carbocycles. The van der Waals surface area contributed by atoms with E-state index in [1.807, 2.05) is 23.1 Å². The molecule has 1 amide bonds. The van der Waals surface area contributed by atoms with Crippen LogP contribution in [0.4, 0.5) is 0 Å². The molecule has 1 aromatic rings. The lowest BCUT2D eigenvalue weighted by molar-refractivity contribution is 0.0610. The molecule has 1 saturated heterocycles. The molecule has 0 bridgehead atoms. The summed E-state index contributed by atoms with van der Waals surface area (Å²) in [6.07, 6.45) is 8.28. The number of carbonyl (C=O) groups excluding carboxylic acids is 1. The van der Waals surface area contributed by atoms with Gasteiger partial charge in [0.1, 0.15) is 0 Å². The van der Waals surface area contributed by atoms with Crippen LogP contribution in [0.2, 0.25) is 0 Å². The van der Waals surface area contributed by atoms with Gasteiger partial charge in [-0.15, -0.1) is 0 Å². The van der Waals surface area contributed by atoms with Crippen LogP contribution in [0.5, 0.6) is 11.5 Å². The molecule has 2 aliphatic rings. The second-order valence-electron chi connectivity index (χ2n) is 6.78. The molecule has 1 aromatic carbocycles. The minimum absolute atomic E-state index is 0.0241. The largest absolute Gasteiger partial charge is 0.493 e. The first-order valence-electron chi connectivity index (χ1n) is 9.10. The molecular formula is C20H28N2O3. The van der Waals surface area contributed by atoms with Crippen molar-refractivity contribution in [3.8, 4) is 11.5 Å². The Hall–Kier alpha value is -2.01. The van der Waals surface area contributed by atoms with Crippen molar-refractivity contribution in [3.63, 3.8) is 0 Å². The van der Waals surface area contributed by atoms with Gasteiger partial charge in [0, 0.05) is 32.7 Å². The van der Waals surface area contributed by atoms with Crippen LogP contribution in [-0.4, -0.2) is 62.7 Å². The molecule has 1 aliphatic heterocycles. The summed E-state index contributed by atoms with van der Waals surface area (Å²) in [5.74, 6) is 1.91. The third-order valence-corrected chi connectivity index (χ3v) is 5.19. The molecule has 0 aromatic heterocycles. The number of hydrogen-bond acceptors (Lipinski definition) is 4. The molecular weight excluding hydrogens is 316 g/mol. The van der Waals surface area contributed by atoms with Gasteiger partial charge in [-0.25, -0.2) is 0 Å². The quantitative estimate of drug-likeness (QED) is 0.771. The van der Waals surface area contributed by atoms with Gasteiger partial charge >= 0.3 is 0 Å². The Morgan fingerprint density at radius 3 is 2.56 bits per heavy atom. The Morgan fingerprint density at radius 2 is 1.92 bits per heavy atom. The Balaban J connectivity index is 1.59. The average Bonchev–Trinajstić information content (AvgIpc) is 2.68. The van der Waals surface area contributed by atoms with Gasteiger partial charge in [0.05, 0.1) is 19.8 Å². The summed E-state index contributed by atoms with van der Waals surface area (Å²) in [4.78, 5) is 17.3. The van der Waals surface area contributed by atoms with Crippen LogP contribution >= 0.6 is 0 Å². The number of carbonyl (C=O) groups is 1. The lowest BCUT2D eigenvalue weighted by atomic mass is 9.94. The maximum Gasteiger partial charge on any atom is 0.257 e. The highest BCUT2D eigenvalue weighted by molar-refractivity contribution is 5.97. The zero-order valence-electron chi connectivity index (χ0n) is 15.2. The van der Waals surface area contributed by atoms with Crippen molar-refractivity contribution >= 4 is 5.91 Å². The Morgan fingerprint density at radius 1 is 1.12 bits per heavy atom. The zero-order chi connectivity index (χ0) is 17.6. The fourth-order valence-electron chi connectivity index (χ4n) is 3.75. The number of benzene rings is 1. The molecule has 25 heavy (non-hydrogen) atoms. The van der Waals surface area contributed by atoms with Crippen LogP contribution in [0.15, 0.2) is 30.4 Å². The van der Waals surface area contributed by atoms with E-state index < -0.39 is 0 Å². The van der Waals surface area contributed by atoms with Crippen molar-refractivity contribution in [2.24, 2.45) is 5.92 Å². The van der Waals surface area contributed by atoms with Crippen molar-refractivity contribution in [1.82, 2.24) is 9.80 Å². The topological polar surface area (TPSA) is 42.0 Å². The van der Waals surface area contributed by atoms with Crippen LogP contribution in [0.25, 0.3) is 0 Å². The number of amides is 1. The van der Waals surface area contributed by atoms with Gasteiger partial charge < -0.3 is 14.4 Å². The average molecular weight is 344 g/mol. The van der Waals surface area contributed by atoms with Crippen LogP contribution in [0, 0.1) is 5.92 Å². The highest BCUT2D eigenvalue weighted by atomic mass is 16.5. The third-order valence-electron chi connectivity index (χ3n) is 5.19. The van der Waals surface area contributed by atoms with Gasteiger partial charge in [-0.05, 0) is 37.3 Å². The minimum atomic E-state index is 0.0241. The Kier molecular flexibility index (Phi) is 5.97. The summed E-state index contributed by atoms with van der Waals surface area (Å²) < 4.78 is 10.7. The molecule has 0 N–H and O–H groups in total. The SMILES string of the molecule is COc1cccc(C(=O)N2CCN(CC3CC=CCC3)CC2)c1OC. The molecule has 1 atom stereocenters. The van der Waals surface area contributed by atoms with Crippen molar-refractivity contribution < 1.29 is 14.3 Å². The van der Waals surface area contributed by atoms with Crippen LogP contribution in [-0.2, 0) is 0 Å². The number of piperazine rings is 1. The van der Waals surface area contributed by atoms with E-state index in [1.165, 1.54) is 19.3 Å². The number of para-hydroxylation sites is 1. The second kappa shape index (κ2) is 8.39. The third kappa shape index (κ3) is 4.15. The monoisotopic (exact) mass is 344 g/mol. The van der Waals surface area contributed by atoms with E-state index in [0.29, 0.717) is 17.1 Å². The van der Waals surface area contributed by atoms with E-state index in [1.54, 1.807) is 14.2 Å². The van der Waals surface area contributed by atoms with Gasteiger partial charge in [-0.1, -0.05) is 18.2 Å². The molecule has 0 radical (unpaired) electrons. The number of hydrogen-bond donors (Lipinski definition) is 0. The highest BCUT2D eigenvalue weighted by Gasteiger charge is 2.26. The molecule has 136 valence electrons. The summed E-state index contributed by atoms with van der Waals surface area (Å²) in [6, 6.07) is 5.46. The van der Waals surface area contributed by atoms with E-state index in [9.17, 15) is 4.79 Å². The Bertz CT molecular complexity index is 621. The number of allylic oxidation sites excluding steroid dienone is 2. The molecule has 1 fully saturated rings. The first-order chi connectivity index (χ1) is 12.2. The molecule has 3 rings (SSSR count). The van der Waals surface area contributed by atoms with Gasteiger partial charge in [0.2, 0.25) is 0 Å². The minimum Gasteiger partial charge on any atom is -0.493 e. The fraction of sp³-hybridized carbons (Fsp3) is 0.550. The zero-order valence-corrected chi connectivity index (χ0v) is 15.2. The van der Waals surface area contributed by atoms with Crippen LogP contribution < -0.4 is 9.47 Å². The molecule has 5 nitrogen and oxygen atoms in total. The maximum absolute atomic E-state index is 12.9. The van der Waals surface area contributed by atoms with E-state index in [2.05, 4.69) is 17.1 Å². The fourth-order valence-corrected chi connectivity index (χ4v) is 3.75. The summed E-state index contributed by atoms with van der Waals surface area (Å²) >= 11 is 0. The molecule has 1 heterocycles. The van der Waals surface area contributed by atoms with E-state index in [0.717, 1.165) is 38.6 Å². The van der Waals surface area contributed by atoms with Crippen LogP contribution in [0.1, 0.15) is 29.6 Å². The normalized spacial score (nSPS) is 21.2. The van der Waals surface area contributed by atoms with Crippen molar-refractivity contribution in [1.29, 1.82) is 0 Å². The number of rotatable bonds is 5. The first kappa shape index (κ1) is 17.8. The molecule has 0 saturated carbocycles.